The van der Waals surface area contributed by atoms with Crippen molar-refractivity contribution in [2.24, 2.45) is 0 Å². The molecule has 23 heavy (non-hydrogen) atoms. The molecule has 2 aromatic heterocycles. The van der Waals surface area contributed by atoms with Gasteiger partial charge in [-0.2, -0.15) is 0 Å². The van der Waals surface area contributed by atoms with Crippen LogP contribution in [-0.4, -0.2) is 23.5 Å². The molecule has 3 aromatic rings. The largest absolute Gasteiger partial charge is 0.485 e. The zero-order chi connectivity index (χ0) is 16.6. The molecule has 120 valence electrons. The Morgan fingerprint density at radius 3 is 2.57 bits per heavy atom. The van der Waals surface area contributed by atoms with Gasteiger partial charge in [0.05, 0.1) is 5.69 Å². The molecule has 0 bridgehead atoms. The summed E-state index contributed by atoms with van der Waals surface area (Å²) in [6.07, 6.45) is 0. The molecule has 0 aliphatic heterocycles. The van der Waals surface area contributed by atoms with Crippen LogP contribution in [0.4, 0.5) is 11.5 Å². The van der Waals surface area contributed by atoms with E-state index < -0.39 is 0 Å². The van der Waals surface area contributed by atoms with Crippen LogP contribution in [0.25, 0.3) is 5.65 Å². The number of pyridine rings is 1. The summed E-state index contributed by atoms with van der Waals surface area (Å²) < 4.78 is 8.13. The average Bonchev–Trinajstić information content (AvgIpc) is 2.86. The van der Waals surface area contributed by atoms with E-state index in [1.165, 1.54) is 0 Å². The van der Waals surface area contributed by atoms with E-state index in [0.717, 1.165) is 39.9 Å². The Kier molecular flexibility index (Phi) is 3.86. The molecule has 0 spiro atoms. The number of hydrogen-bond acceptors (Lipinski definition) is 4. The highest BCUT2D eigenvalue weighted by molar-refractivity contribution is 5.64. The molecular weight excluding hydrogens is 288 g/mol. The predicted octanol–water partition coefficient (Wildman–Crippen LogP) is 3.18. The van der Waals surface area contributed by atoms with Gasteiger partial charge in [-0.1, -0.05) is 18.2 Å². The van der Waals surface area contributed by atoms with Crippen LogP contribution >= 0.6 is 0 Å². The maximum atomic E-state index is 6.01. The van der Waals surface area contributed by atoms with Gasteiger partial charge in [0.2, 0.25) is 0 Å². The number of ether oxygens (including phenoxy) is 1. The zero-order valence-corrected chi connectivity index (χ0v) is 14.0. The van der Waals surface area contributed by atoms with E-state index in [-0.39, 0.29) is 0 Å². The maximum absolute atomic E-state index is 6.01. The second-order valence-corrected chi connectivity index (χ2v) is 5.90. The number of benzene rings is 1. The van der Waals surface area contributed by atoms with E-state index in [9.17, 15) is 0 Å². The molecule has 0 amide bonds. The lowest BCUT2D eigenvalue weighted by atomic mass is 10.2. The Morgan fingerprint density at radius 2 is 1.87 bits per heavy atom. The van der Waals surface area contributed by atoms with Gasteiger partial charge in [-0.3, -0.25) is 4.40 Å². The molecule has 0 fully saturated rings. The van der Waals surface area contributed by atoms with Crippen LogP contribution in [0.1, 0.15) is 17.0 Å². The Morgan fingerprint density at radius 1 is 1.13 bits per heavy atom. The molecule has 0 aliphatic carbocycles. The number of rotatable bonds is 4. The number of nitrogen functional groups attached to an aromatic ring is 1. The fourth-order valence-electron chi connectivity index (χ4n) is 2.82. The number of nitrogens with zero attached hydrogens (tertiary/aromatic N) is 3. The van der Waals surface area contributed by atoms with Gasteiger partial charge in [-0.25, -0.2) is 4.98 Å². The molecule has 0 saturated carbocycles. The van der Waals surface area contributed by atoms with Crippen LogP contribution < -0.4 is 15.4 Å². The van der Waals surface area contributed by atoms with Crippen molar-refractivity contribution in [1.29, 1.82) is 0 Å². The predicted molar refractivity (Wildman–Crippen MR) is 94.2 cm³/mol. The maximum Gasteiger partial charge on any atom is 0.181 e. The number of aryl methyl sites for hydroxylation is 2. The van der Waals surface area contributed by atoms with Gasteiger partial charge in [0, 0.05) is 31.0 Å². The molecule has 0 aliphatic rings. The summed E-state index contributed by atoms with van der Waals surface area (Å²) in [6, 6.07) is 11.8. The third-order valence-corrected chi connectivity index (χ3v) is 3.93. The van der Waals surface area contributed by atoms with Crippen LogP contribution in [-0.2, 0) is 6.61 Å². The summed E-state index contributed by atoms with van der Waals surface area (Å²) in [7, 11) is 4.04. The topological polar surface area (TPSA) is 55.8 Å². The molecule has 3 rings (SSSR count). The number of nitrogens with two attached hydrogens (primary N) is 1. The van der Waals surface area contributed by atoms with Crippen molar-refractivity contribution < 1.29 is 4.74 Å². The van der Waals surface area contributed by atoms with E-state index in [0.29, 0.717) is 6.61 Å². The lowest BCUT2D eigenvalue weighted by molar-refractivity contribution is 0.308. The minimum atomic E-state index is 0.425. The van der Waals surface area contributed by atoms with Crippen molar-refractivity contribution in [3.8, 4) is 5.75 Å². The second kappa shape index (κ2) is 5.83. The van der Waals surface area contributed by atoms with Crippen LogP contribution in [0.2, 0.25) is 0 Å². The number of fused-ring (bicyclic) bond motifs is 1. The van der Waals surface area contributed by atoms with Crippen LogP contribution in [0, 0.1) is 13.8 Å². The van der Waals surface area contributed by atoms with Gasteiger partial charge < -0.3 is 15.4 Å². The van der Waals surface area contributed by atoms with Gasteiger partial charge in [0.1, 0.15) is 12.4 Å². The summed E-state index contributed by atoms with van der Waals surface area (Å²) >= 11 is 0. The van der Waals surface area contributed by atoms with Crippen molar-refractivity contribution in [3.05, 3.63) is 53.3 Å². The Labute approximate surface area is 136 Å². The summed E-state index contributed by atoms with van der Waals surface area (Å²) in [4.78, 5) is 6.77. The highest BCUT2D eigenvalue weighted by atomic mass is 16.5. The summed E-state index contributed by atoms with van der Waals surface area (Å²) in [5.74, 6) is 1.83. The number of hydrogen-bond donors (Lipinski definition) is 1. The van der Waals surface area contributed by atoms with E-state index in [2.05, 4.69) is 16.2 Å². The smallest absolute Gasteiger partial charge is 0.181 e. The van der Waals surface area contributed by atoms with Crippen molar-refractivity contribution in [1.82, 2.24) is 9.38 Å². The second-order valence-electron chi connectivity index (χ2n) is 5.90. The molecule has 2 N–H and O–H groups in total. The first-order valence-electron chi connectivity index (χ1n) is 7.61. The fourth-order valence-corrected chi connectivity index (χ4v) is 2.82. The molecular formula is C18H22N4O. The van der Waals surface area contributed by atoms with Gasteiger partial charge in [-0.05, 0) is 32.0 Å². The first-order valence-corrected chi connectivity index (χ1v) is 7.61. The number of para-hydroxylation sites is 1. The minimum Gasteiger partial charge on any atom is -0.485 e. The molecule has 1 aromatic carbocycles. The number of anilines is 2. The monoisotopic (exact) mass is 310 g/mol. The Bertz CT molecular complexity index is 852. The standard InChI is InChI=1S/C18H22N4O/c1-12-9-10-16(23-11-14-7-5-6-8-15(14)19)17-20-13(2)18(21(3)4)22(12)17/h5-10H,11,19H2,1-4H3. The highest BCUT2D eigenvalue weighted by Gasteiger charge is 2.16. The third kappa shape index (κ3) is 2.70. The van der Waals surface area contributed by atoms with E-state index in [4.69, 9.17) is 15.5 Å². The first kappa shape index (κ1) is 15.2. The van der Waals surface area contributed by atoms with Gasteiger partial charge in [0.25, 0.3) is 0 Å². The van der Waals surface area contributed by atoms with Crippen molar-refractivity contribution in [2.75, 3.05) is 24.7 Å². The molecule has 5 nitrogen and oxygen atoms in total. The zero-order valence-electron chi connectivity index (χ0n) is 14.0. The summed E-state index contributed by atoms with van der Waals surface area (Å²) in [6.45, 7) is 4.51. The van der Waals surface area contributed by atoms with E-state index in [1.54, 1.807) is 0 Å². The average molecular weight is 310 g/mol. The van der Waals surface area contributed by atoms with Crippen LogP contribution in [0.3, 0.4) is 0 Å². The number of imidazole rings is 1. The highest BCUT2D eigenvalue weighted by Crippen LogP contribution is 2.29. The molecule has 0 atom stereocenters. The summed E-state index contributed by atoms with van der Waals surface area (Å²) in [5, 5.41) is 0. The van der Waals surface area contributed by atoms with E-state index >= 15 is 0 Å². The Hall–Kier alpha value is -2.69. The lowest BCUT2D eigenvalue weighted by Crippen LogP contribution is -2.13. The van der Waals surface area contributed by atoms with Gasteiger partial charge >= 0.3 is 0 Å². The molecule has 5 heteroatoms. The van der Waals surface area contributed by atoms with Crippen LogP contribution in [0.15, 0.2) is 36.4 Å². The summed E-state index contributed by atoms with van der Waals surface area (Å²) in [5.41, 5.74) is 10.6. The normalized spacial score (nSPS) is 11.0. The quantitative estimate of drug-likeness (QED) is 0.752. The van der Waals surface area contributed by atoms with Crippen molar-refractivity contribution in [2.45, 2.75) is 20.5 Å². The lowest BCUT2D eigenvalue weighted by Gasteiger charge is -2.15. The molecule has 2 heterocycles. The van der Waals surface area contributed by atoms with Gasteiger partial charge in [0.15, 0.2) is 11.4 Å². The number of aromatic nitrogens is 2. The van der Waals surface area contributed by atoms with Crippen LogP contribution in [0.5, 0.6) is 5.75 Å². The molecule has 0 unspecified atom stereocenters. The Balaban J connectivity index is 2.01. The van der Waals surface area contributed by atoms with Gasteiger partial charge in [-0.15, -0.1) is 0 Å². The minimum absolute atomic E-state index is 0.425. The van der Waals surface area contributed by atoms with Crippen molar-refractivity contribution in [3.63, 3.8) is 0 Å². The first-order chi connectivity index (χ1) is 11.0. The fraction of sp³-hybridized carbons (Fsp3) is 0.278. The third-order valence-electron chi connectivity index (χ3n) is 3.93. The SMILES string of the molecule is Cc1nc2c(OCc3ccccc3N)ccc(C)n2c1N(C)C. The molecule has 0 saturated heterocycles. The van der Waals surface area contributed by atoms with Crippen molar-refractivity contribution >= 4 is 17.2 Å². The molecule has 0 radical (unpaired) electrons. The van der Waals surface area contributed by atoms with E-state index in [1.807, 2.05) is 57.4 Å².